The van der Waals surface area contributed by atoms with Crippen molar-refractivity contribution in [3.8, 4) is 5.75 Å². The van der Waals surface area contributed by atoms with Gasteiger partial charge >= 0.3 is 0 Å². The number of piperidine rings is 3. The first kappa shape index (κ1) is 17.3. The standard InChI is InChI=1S/C22H26N2O2S/c1-14-9-12-27-21(14)22(25)24-13-18(15-3-5-17(26-2)6-4-15)20-19(24)16-7-10-23(20)11-8-16/h3-6,9,12,16,18-20H,7-8,10-11,13H2,1-2H3/t18-,19+,20+/m1/s1. The lowest BCUT2D eigenvalue weighted by atomic mass is 9.75. The van der Waals surface area contributed by atoms with Crippen molar-refractivity contribution in [1.29, 1.82) is 0 Å². The van der Waals surface area contributed by atoms with Gasteiger partial charge in [-0.15, -0.1) is 11.3 Å². The van der Waals surface area contributed by atoms with E-state index in [1.165, 1.54) is 31.5 Å². The van der Waals surface area contributed by atoms with Crippen LogP contribution >= 0.6 is 11.3 Å². The number of rotatable bonds is 3. The maximum atomic E-state index is 13.4. The maximum Gasteiger partial charge on any atom is 0.264 e. The number of amides is 1. The number of hydrogen-bond donors (Lipinski definition) is 0. The van der Waals surface area contributed by atoms with Gasteiger partial charge in [0.2, 0.25) is 0 Å². The molecule has 1 aromatic carbocycles. The van der Waals surface area contributed by atoms with Crippen LogP contribution < -0.4 is 4.74 Å². The summed E-state index contributed by atoms with van der Waals surface area (Å²) in [6.45, 7) is 5.23. The van der Waals surface area contributed by atoms with Crippen molar-refractivity contribution in [2.75, 3.05) is 26.7 Å². The number of carbonyl (C=O) groups is 1. The van der Waals surface area contributed by atoms with Gasteiger partial charge in [0.25, 0.3) is 5.91 Å². The molecule has 0 N–H and O–H groups in total. The van der Waals surface area contributed by atoms with E-state index in [1.807, 2.05) is 5.38 Å². The van der Waals surface area contributed by atoms with Gasteiger partial charge in [-0.05, 0) is 73.5 Å². The minimum Gasteiger partial charge on any atom is -0.497 e. The largest absolute Gasteiger partial charge is 0.497 e. The van der Waals surface area contributed by atoms with E-state index in [9.17, 15) is 4.79 Å². The number of methoxy groups -OCH3 is 1. The van der Waals surface area contributed by atoms with Crippen LogP contribution in [0.1, 0.15) is 39.6 Å². The van der Waals surface area contributed by atoms with E-state index in [0.29, 0.717) is 23.9 Å². The van der Waals surface area contributed by atoms with Crippen molar-refractivity contribution in [3.05, 3.63) is 51.7 Å². The zero-order chi connectivity index (χ0) is 18.5. The summed E-state index contributed by atoms with van der Waals surface area (Å²) in [7, 11) is 1.70. The number of thiophene rings is 1. The first-order valence-corrected chi connectivity index (χ1v) is 10.8. The second-order valence-electron chi connectivity index (χ2n) is 8.12. The van der Waals surface area contributed by atoms with E-state index in [0.717, 1.165) is 22.7 Å². The van der Waals surface area contributed by atoms with Crippen molar-refractivity contribution in [3.63, 3.8) is 0 Å². The molecule has 142 valence electrons. The van der Waals surface area contributed by atoms with E-state index < -0.39 is 0 Å². The van der Waals surface area contributed by atoms with Crippen LogP contribution in [0.5, 0.6) is 5.75 Å². The van der Waals surface area contributed by atoms with Crippen LogP contribution in [0.15, 0.2) is 35.7 Å². The third kappa shape index (κ3) is 2.71. The normalized spacial score (nSPS) is 31.8. The third-order valence-corrected chi connectivity index (χ3v) is 7.86. The first-order valence-electron chi connectivity index (χ1n) is 9.90. The van der Waals surface area contributed by atoms with Crippen LogP contribution in [0.2, 0.25) is 0 Å². The molecule has 2 aromatic rings. The van der Waals surface area contributed by atoms with E-state index in [-0.39, 0.29) is 5.91 Å². The van der Waals surface area contributed by atoms with Crippen LogP contribution in [0.3, 0.4) is 0 Å². The summed E-state index contributed by atoms with van der Waals surface area (Å²) >= 11 is 1.58. The summed E-state index contributed by atoms with van der Waals surface area (Å²) in [5, 5.41) is 2.04. The molecule has 4 aliphatic rings. The number of likely N-dealkylation sites (tertiary alicyclic amines) is 1. The Kier molecular flexibility index (Phi) is 4.25. The Bertz CT molecular complexity index is 838. The molecular weight excluding hydrogens is 356 g/mol. The van der Waals surface area contributed by atoms with Gasteiger partial charge in [-0.3, -0.25) is 9.69 Å². The van der Waals surface area contributed by atoms with E-state index >= 15 is 0 Å². The van der Waals surface area contributed by atoms with Gasteiger partial charge in [-0.25, -0.2) is 0 Å². The van der Waals surface area contributed by atoms with Gasteiger partial charge in [0.1, 0.15) is 5.75 Å². The monoisotopic (exact) mass is 382 g/mol. The molecule has 4 fully saturated rings. The summed E-state index contributed by atoms with van der Waals surface area (Å²) < 4.78 is 5.34. The van der Waals surface area contributed by atoms with Crippen LogP contribution in [-0.4, -0.2) is 54.5 Å². The fourth-order valence-electron chi connectivity index (χ4n) is 5.52. The van der Waals surface area contributed by atoms with E-state index in [1.54, 1.807) is 18.4 Å². The molecule has 0 aliphatic carbocycles. The van der Waals surface area contributed by atoms with Gasteiger partial charge < -0.3 is 9.64 Å². The molecule has 3 atom stereocenters. The molecular formula is C22H26N2O2S. The minimum atomic E-state index is 0.238. The lowest BCUT2D eigenvalue weighted by Crippen LogP contribution is -2.60. The minimum absolute atomic E-state index is 0.238. The molecule has 4 nitrogen and oxygen atoms in total. The summed E-state index contributed by atoms with van der Waals surface area (Å²) in [5.41, 5.74) is 2.44. The predicted octanol–water partition coefficient (Wildman–Crippen LogP) is 3.77. The molecule has 0 unspecified atom stereocenters. The van der Waals surface area contributed by atoms with Gasteiger partial charge in [0.05, 0.1) is 18.0 Å². The van der Waals surface area contributed by atoms with Crippen LogP contribution in [0, 0.1) is 12.8 Å². The van der Waals surface area contributed by atoms with Crippen molar-refractivity contribution in [2.45, 2.75) is 37.8 Å². The Hall–Kier alpha value is -1.85. The second-order valence-corrected chi connectivity index (χ2v) is 9.04. The zero-order valence-corrected chi connectivity index (χ0v) is 16.7. The number of benzene rings is 1. The molecule has 4 aliphatic heterocycles. The smallest absolute Gasteiger partial charge is 0.264 e. The second kappa shape index (κ2) is 6.64. The summed E-state index contributed by atoms with van der Waals surface area (Å²) in [6.07, 6.45) is 2.45. The topological polar surface area (TPSA) is 32.8 Å². The highest BCUT2D eigenvalue weighted by atomic mass is 32.1. The lowest BCUT2D eigenvalue weighted by molar-refractivity contribution is -0.00328. The molecule has 1 amide bonds. The van der Waals surface area contributed by atoms with Gasteiger partial charge in [-0.1, -0.05) is 12.1 Å². The molecule has 6 rings (SSSR count). The van der Waals surface area contributed by atoms with E-state index in [4.69, 9.17) is 4.74 Å². The Balaban J connectivity index is 1.51. The number of carbonyl (C=O) groups excluding carboxylic acids is 1. The molecule has 1 aromatic heterocycles. The number of fused-ring (bicyclic) bond motifs is 2. The highest BCUT2D eigenvalue weighted by molar-refractivity contribution is 7.12. The average molecular weight is 383 g/mol. The Labute approximate surface area is 164 Å². The Morgan fingerprint density at radius 2 is 1.85 bits per heavy atom. The number of nitrogens with zero attached hydrogens (tertiary/aromatic N) is 2. The quantitative estimate of drug-likeness (QED) is 0.810. The maximum absolute atomic E-state index is 13.4. The fraction of sp³-hybridized carbons (Fsp3) is 0.500. The van der Waals surface area contributed by atoms with Crippen molar-refractivity contribution in [1.82, 2.24) is 9.80 Å². The summed E-state index contributed by atoms with van der Waals surface area (Å²) in [4.78, 5) is 19.2. The van der Waals surface area contributed by atoms with Crippen LogP contribution in [0.4, 0.5) is 0 Å². The summed E-state index contributed by atoms with van der Waals surface area (Å²) in [5.74, 6) is 2.16. The Morgan fingerprint density at radius 3 is 2.48 bits per heavy atom. The van der Waals surface area contributed by atoms with Crippen molar-refractivity contribution >= 4 is 17.2 Å². The average Bonchev–Trinajstić information content (AvgIpc) is 3.34. The molecule has 4 saturated heterocycles. The number of aryl methyl sites for hydroxylation is 1. The molecule has 5 heteroatoms. The molecule has 0 saturated carbocycles. The molecule has 0 radical (unpaired) electrons. The van der Waals surface area contributed by atoms with Gasteiger partial charge in [0.15, 0.2) is 0 Å². The highest BCUT2D eigenvalue weighted by Gasteiger charge is 2.54. The van der Waals surface area contributed by atoms with Gasteiger partial charge in [-0.2, -0.15) is 0 Å². The summed E-state index contributed by atoms with van der Waals surface area (Å²) in [6, 6.07) is 11.3. The lowest BCUT2D eigenvalue weighted by Gasteiger charge is -2.51. The molecule has 0 spiro atoms. The van der Waals surface area contributed by atoms with Gasteiger partial charge in [0, 0.05) is 18.5 Å². The number of hydrogen-bond acceptors (Lipinski definition) is 4. The molecule has 2 bridgehead atoms. The van der Waals surface area contributed by atoms with Crippen molar-refractivity contribution < 1.29 is 9.53 Å². The predicted molar refractivity (Wildman–Crippen MR) is 108 cm³/mol. The van der Waals surface area contributed by atoms with Crippen LogP contribution in [-0.2, 0) is 0 Å². The first-order chi connectivity index (χ1) is 13.2. The molecule has 5 heterocycles. The molecule has 27 heavy (non-hydrogen) atoms. The SMILES string of the molecule is COc1ccc([C@H]2CN(C(=O)c3sccc3C)[C@H]3C4CCN(CC4)[C@@H]23)cc1. The van der Waals surface area contributed by atoms with Crippen LogP contribution in [0.25, 0.3) is 0 Å². The zero-order valence-electron chi connectivity index (χ0n) is 15.9. The third-order valence-electron chi connectivity index (χ3n) is 6.86. The Morgan fingerprint density at radius 1 is 1.11 bits per heavy atom. The van der Waals surface area contributed by atoms with Crippen molar-refractivity contribution in [2.24, 2.45) is 5.92 Å². The highest BCUT2D eigenvalue weighted by Crippen LogP contribution is 2.47. The number of ether oxygens (including phenoxy) is 1. The fourth-order valence-corrected chi connectivity index (χ4v) is 6.40. The van der Waals surface area contributed by atoms with E-state index in [2.05, 4.69) is 47.1 Å².